The first-order valence-corrected chi connectivity index (χ1v) is 19.5. The van der Waals surface area contributed by atoms with Crippen LogP contribution in [-0.2, 0) is 23.8 Å². The molecule has 3 atom stereocenters. The van der Waals surface area contributed by atoms with Crippen molar-refractivity contribution >= 4 is 11.9 Å². The summed E-state index contributed by atoms with van der Waals surface area (Å²) in [5, 5.41) is 10.00. The highest BCUT2D eigenvalue weighted by Crippen LogP contribution is 2.29. The molecule has 1 fully saturated rings. The van der Waals surface area contributed by atoms with Crippen LogP contribution in [0.4, 0.5) is 0 Å². The number of hydrogen-bond donors (Lipinski definition) is 1. The number of carbonyl (C=O) groups is 2. The van der Waals surface area contributed by atoms with Crippen molar-refractivity contribution in [2.24, 2.45) is 0 Å². The molecule has 1 aliphatic rings. The summed E-state index contributed by atoms with van der Waals surface area (Å²) in [4.78, 5) is 23.9. The van der Waals surface area contributed by atoms with Gasteiger partial charge in [-0.2, -0.15) is 0 Å². The highest BCUT2D eigenvalue weighted by atomic mass is 16.6. The number of aliphatic hydroxyl groups is 1. The Bertz CT molecular complexity index is 917. The second kappa shape index (κ2) is 33.1. The molecular weight excluding hydrogens is 600 g/mol. The zero-order chi connectivity index (χ0) is 34.8. The maximum absolute atomic E-state index is 11.9. The Morgan fingerprint density at radius 3 is 1.48 bits per heavy atom. The molecule has 0 aromatic heterocycles. The Labute approximate surface area is 294 Å². The van der Waals surface area contributed by atoms with Crippen LogP contribution < -0.4 is 0 Å². The van der Waals surface area contributed by atoms with Crippen molar-refractivity contribution in [3.05, 3.63) is 60.8 Å². The molecule has 0 aromatic carbocycles. The van der Waals surface area contributed by atoms with Crippen LogP contribution in [0.1, 0.15) is 162 Å². The number of hydrogen-bond acceptors (Lipinski definition) is 6. The lowest BCUT2D eigenvalue weighted by Crippen LogP contribution is -2.25. The molecule has 0 radical (unpaired) electrons. The summed E-state index contributed by atoms with van der Waals surface area (Å²) < 4.78 is 15.9. The summed E-state index contributed by atoms with van der Waals surface area (Å²) in [6, 6.07) is 0. The number of ether oxygens (including phenoxy) is 3. The maximum atomic E-state index is 11.9. The van der Waals surface area contributed by atoms with Crippen molar-refractivity contribution in [2.75, 3.05) is 13.2 Å². The van der Waals surface area contributed by atoms with E-state index in [0.29, 0.717) is 25.0 Å². The summed E-state index contributed by atoms with van der Waals surface area (Å²) in [5.41, 5.74) is 0. The summed E-state index contributed by atoms with van der Waals surface area (Å²) in [7, 11) is 0. The van der Waals surface area contributed by atoms with E-state index in [1.807, 2.05) is 12.2 Å². The number of allylic oxidation sites excluding steroid dienone is 8. The fourth-order valence-corrected chi connectivity index (χ4v) is 5.39. The van der Waals surface area contributed by atoms with E-state index in [1.54, 1.807) is 0 Å². The molecule has 2 unspecified atom stereocenters. The molecule has 1 N–H and O–H groups in total. The van der Waals surface area contributed by atoms with E-state index in [1.165, 1.54) is 70.6 Å². The van der Waals surface area contributed by atoms with Crippen LogP contribution >= 0.6 is 0 Å². The number of esters is 2. The Morgan fingerprint density at radius 1 is 0.562 bits per heavy atom. The summed E-state index contributed by atoms with van der Waals surface area (Å²) in [5.74, 6) is -0.665. The Kier molecular flexibility index (Phi) is 30.0. The average molecular weight is 671 g/mol. The van der Waals surface area contributed by atoms with E-state index in [0.717, 1.165) is 57.8 Å². The zero-order valence-electron chi connectivity index (χ0n) is 30.7. The highest BCUT2D eigenvalue weighted by molar-refractivity contribution is 5.70. The second-order valence-corrected chi connectivity index (χ2v) is 13.1. The first kappa shape index (κ1) is 43.6. The van der Waals surface area contributed by atoms with E-state index >= 15 is 0 Å². The lowest BCUT2D eigenvalue weighted by atomic mass is 10.0. The Morgan fingerprint density at radius 2 is 0.979 bits per heavy atom. The third-order valence-corrected chi connectivity index (χ3v) is 8.43. The van der Waals surface area contributed by atoms with Gasteiger partial charge in [0.15, 0.2) is 0 Å². The first-order valence-electron chi connectivity index (χ1n) is 19.5. The molecule has 1 heterocycles. The van der Waals surface area contributed by atoms with Crippen LogP contribution in [0.25, 0.3) is 0 Å². The first-order chi connectivity index (χ1) is 23.6. The van der Waals surface area contributed by atoms with Crippen molar-refractivity contribution < 1.29 is 28.9 Å². The van der Waals surface area contributed by atoms with Crippen molar-refractivity contribution in [1.29, 1.82) is 0 Å². The molecule has 274 valence electrons. The second-order valence-electron chi connectivity index (χ2n) is 13.1. The van der Waals surface area contributed by atoms with Gasteiger partial charge in [0.1, 0.15) is 19.3 Å². The van der Waals surface area contributed by atoms with E-state index in [2.05, 4.69) is 62.5 Å². The average Bonchev–Trinajstić information content (AvgIpc) is 3.84. The van der Waals surface area contributed by atoms with Crippen LogP contribution in [0.5, 0.6) is 0 Å². The van der Waals surface area contributed by atoms with Crippen molar-refractivity contribution in [2.45, 2.75) is 180 Å². The predicted molar refractivity (Wildman–Crippen MR) is 200 cm³/mol. The summed E-state index contributed by atoms with van der Waals surface area (Å²) >= 11 is 0. The third-order valence-electron chi connectivity index (χ3n) is 8.43. The van der Waals surface area contributed by atoms with Crippen LogP contribution in [0.3, 0.4) is 0 Å². The topological polar surface area (TPSA) is 85.4 Å². The van der Waals surface area contributed by atoms with Gasteiger partial charge in [0.25, 0.3) is 0 Å². The van der Waals surface area contributed by atoms with Gasteiger partial charge in [-0.05, 0) is 51.4 Å². The van der Waals surface area contributed by atoms with E-state index < -0.39 is 6.10 Å². The maximum Gasteiger partial charge on any atom is 0.306 e. The van der Waals surface area contributed by atoms with Crippen LogP contribution in [-0.4, -0.2) is 48.6 Å². The molecule has 0 aromatic rings. The van der Waals surface area contributed by atoms with Gasteiger partial charge in [0.2, 0.25) is 0 Å². The number of aliphatic hydroxyl groups excluding tert-OH is 1. The molecule has 6 nitrogen and oxygen atoms in total. The largest absolute Gasteiger partial charge is 0.463 e. The number of carbonyl (C=O) groups excluding carboxylic acids is 2. The minimum Gasteiger partial charge on any atom is -0.463 e. The monoisotopic (exact) mass is 671 g/mol. The molecule has 1 aliphatic heterocycles. The standard InChI is InChI=1S/C42H70O6/c1-3-5-7-8-9-10-11-12-13-17-20-23-26-30-34-41(44)46-36-38(43)37-47-42(45)35-31-27-24-21-18-15-14-16-19-22-25-29-33-40-39(48-40)32-28-6-4-2/h6,15-16,18-19,24-25,27-29,38-40,43H,3-5,7-14,17,20-23,26,30-37H2,1-2H3/b18-15-,19-16-,27-24-,28-6-,29-25-/t38-,39?,40?/m1/s1. The molecule has 1 rings (SSSR count). The van der Waals surface area contributed by atoms with Gasteiger partial charge in [-0.15, -0.1) is 0 Å². The Balaban J connectivity index is 1.88. The molecule has 0 bridgehead atoms. The van der Waals surface area contributed by atoms with Crippen molar-refractivity contribution in [1.82, 2.24) is 0 Å². The minimum atomic E-state index is -0.997. The third kappa shape index (κ3) is 29.7. The Hall–Kier alpha value is -2.44. The number of epoxide rings is 1. The summed E-state index contributed by atoms with van der Waals surface area (Å²) in [6.07, 6.45) is 46.1. The van der Waals surface area contributed by atoms with E-state index in [4.69, 9.17) is 14.2 Å². The molecule has 1 saturated heterocycles. The van der Waals surface area contributed by atoms with Gasteiger partial charge >= 0.3 is 11.9 Å². The predicted octanol–water partition coefficient (Wildman–Crippen LogP) is 11.0. The van der Waals surface area contributed by atoms with Crippen molar-refractivity contribution in [3.63, 3.8) is 0 Å². The molecule has 0 saturated carbocycles. The molecule has 0 amide bonds. The number of unbranched alkanes of at least 4 members (excludes halogenated alkanes) is 13. The van der Waals surface area contributed by atoms with Gasteiger partial charge < -0.3 is 19.3 Å². The molecule has 48 heavy (non-hydrogen) atoms. The number of rotatable bonds is 33. The fourth-order valence-electron chi connectivity index (χ4n) is 5.39. The van der Waals surface area contributed by atoms with Gasteiger partial charge in [-0.25, -0.2) is 0 Å². The quantitative estimate of drug-likeness (QED) is 0.0324. The van der Waals surface area contributed by atoms with Crippen LogP contribution in [0.2, 0.25) is 0 Å². The fraction of sp³-hybridized carbons (Fsp3) is 0.714. The smallest absolute Gasteiger partial charge is 0.306 e. The highest BCUT2D eigenvalue weighted by Gasteiger charge is 2.35. The lowest BCUT2D eigenvalue weighted by Gasteiger charge is -2.12. The normalized spacial score (nSPS) is 17.1. The summed E-state index contributed by atoms with van der Waals surface area (Å²) in [6.45, 7) is 4.11. The van der Waals surface area contributed by atoms with Crippen LogP contribution in [0.15, 0.2) is 60.8 Å². The van der Waals surface area contributed by atoms with Crippen molar-refractivity contribution in [3.8, 4) is 0 Å². The van der Waals surface area contributed by atoms with Gasteiger partial charge in [-0.1, -0.05) is 158 Å². The molecule has 0 aliphatic carbocycles. The van der Waals surface area contributed by atoms with Crippen LogP contribution in [0, 0.1) is 0 Å². The van der Waals surface area contributed by atoms with E-state index in [-0.39, 0.29) is 31.6 Å². The SMILES string of the molecule is CC/C=C\CC1OC1C/C=C\C/C=C\C/C=C\C/C=C\CCC(=O)OC[C@H](O)COC(=O)CCCCCCCCCCCCCCCC. The van der Waals surface area contributed by atoms with Gasteiger partial charge in [0, 0.05) is 12.8 Å². The van der Waals surface area contributed by atoms with Gasteiger partial charge in [0.05, 0.1) is 12.2 Å². The minimum absolute atomic E-state index is 0.142. The lowest BCUT2D eigenvalue weighted by molar-refractivity contribution is -0.152. The molecular formula is C42H70O6. The van der Waals surface area contributed by atoms with E-state index in [9.17, 15) is 14.7 Å². The molecule has 0 spiro atoms. The molecule has 6 heteroatoms. The zero-order valence-corrected chi connectivity index (χ0v) is 30.7. The van der Waals surface area contributed by atoms with Gasteiger partial charge in [-0.3, -0.25) is 9.59 Å².